The van der Waals surface area contributed by atoms with Crippen molar-refractivity contribution in [2.45, 2.75) is 13.8 Å². The summed E-state index contributed by atoms with van der Waals surface area (Å²) in [4.78, 5) is 12.5. The van der Waals surface area contributed by atoms with Gasteiger partial charge in [-0.2, -0.15) is 5.26 Å². The zero-order chi connectivity index (χ0) is 19.8. The van der Waals surface area contributed by atoms with Crippen LogP contribution in [0.4, 0.5) is 5.69 Å². The van der Waals surface area contributed by atoms with Gasteiger partial charge in [-0.1, -0.05) is 23.2 Å². The number of benzene rings is 2. The molecule has 1 amide bonds. The Kier molecular flexibility index (Phi) is 7.54. The molecule has 0 unspecified atom stereocenters. The summed E-state index contributed by atoms with van der Waals surface area (Å²) < 4.78 is 10.9. The maximum Gasteiger partial charge on any atom is 0.266 e. The summed E-state index contributed by atoms with van der Waals surface area (Å²) in [7, 11) is 0. The van der Waals surface area contributed by atoms with Crippen LogP contribution in [0.2, 0.25) is 10.0 Å². The summed E-state index contributed by atoms with van der Waals surface area (Å²) in [5.74, 6) is 0.506. The van der Waals surface area contributed by atoms with Crippen molar-refractivity contribution >= 4 is 40.9 Å². The van der Waals surface area contributed by atoms with Crippen LogP contribution in [0.5, 0.6) is 11.5 Å². The zero-order valence-corrected chi connectivity index (χ0v) is 16.4. The standard InChI is InChI=1S/C20H18Cl2N2O3/c1-3-26-17-7-5-16(6-8-17)24-20(25)14(12-23)9-13-10-15(21)11-18(22)19(13)27-4-2/h5-11H,3-4H2,1-2H3,(H,24,25)/b14-9+. The quantitative estimate of drug-likeness (QED) is 0.499. The fraction of sp³-hybridized carbons (Fsp3) is 0.200. The fourth-order valence-corrected chi connectivity index (χ4v) is 2.85. The molecule has 0 spiro atoms. The summed E-state index contributed by atoms with van der Waals surface area (Å²) in [5, 5.41) is 12.8. The van der Waals surface area contributed by atoms with Crippen LogP contribution in [-0.2, 0) is 4.79 Å². The normalized spacial score (nSPS) is 10.9. The number of nitrogens with one attached hydrogen (secondary N) is 1. The van der Waals surface area contributed by atoms with Gasteiger partial charge in [0.25, 0.3) is 5.91 Å². The number of ether oxygens (including phenoxy) is 2. The molecule has 0 aromatic heterocycles. The van der Waals surface area contributed by atoms with Crippen LogP contribution in [0.25, 0.3) is 6.08 Å². The molecular formula is C20H18Cl2N2O3. The Morgan fingerprint density at radius 3 is 2.41 bits per heavy atom. The van der Waals surface area contributed by atoms with Gasteiger partial charge in [-0.3, -0.25) is 4.79 Å². The maximum absolute atomic E-state index is 12.5. The Hall–Kier alpha value is -2.68. The molecule has 0 aliphatic rings. The van der Waals surface area contributed by atoms with Crippen molar-refractivity contribution in [2.75, 3.05) is 18.5 Å². The minimum absolute atomic E-state index is 0.108. The van der Waals surface area contributed by atoms with Crippen molar-refractivity contribution in [3.8, 4) is 17.6 Å². The maximum atomic E-state index is 12.5. The SMILES string of the molecule is CCOc1ccc(NC(=O)/C(C#N)=C/c2cc(Cl)cc(Cl)c2OCC)cc1. The second-order valence-electron chi connectivity index (χ2n) is 5.32. The van der Waals surface area contributed by atoms with Crippen LogP contribution in [0.15, 0.2) is 42.0 Å². The van der Waals surface area contributed by atoms with Gasteiger partial charge in [0.2, 0.25) is 0 Å². The van der Waals surface area contributed by atoms with E-state index >= 15 is 0 Å². The third kappa shape index (κ3) is 5.65. The molecule has 0 aliphatic carbocycles. The number of nitriles is 1. The van der Waals surface area contributed by atoms with Gasteiger partial charge in [-0.25, -0.2) is 0 Å². The average molecular weight is 405 g/mol. The van der Waals surface area contributed by atoms with Crippen molar-refractivity contribution in [1.29, 1.82) is 5.26 Å². The van der Waals surface area contributed by atoms with Crippen LogP contribution in [0.3, 0.4) is 0 Å². The second-order valence-corrected chi connectivity index (χ2v) is 6.16. The minimum atomic E-state index is -0.555. The van der Waals surface area contributed by atoms with Gasteiger partial charge >= 0.3 is 0 Å². The van der Waals surface area contributed by atoms with Gasteiger partial charge < -0.3 is 14.8 Å². The lowest BCUT2D eigenvalue weighted by Gasteiger charge is -2.11. The number of anilines is 1. The summed E-state index contributed by atoms with van der Waals surface area (Å²) in [6.07, 6.45) is 1.40. The van der Waals surface area contributed by atoms with Gasteiger partial charge in [-0.05, 0) is 56.3 Å². The van der Waals surface area contributed by atoms with Gasteiger partial charge in [0, 0.05) is 16.3 Å². The Labute approximate surface area is 168 Å². The lowest BCUT2D eigenvalue weighted by molar-refractivity contribution is -0.112. The summed E-state index contributed by atoms with van der Waals surface area (Å²) >= 11 is 12.2. The first kappa shape index (κ1) is 20.6. The monoisotopic (exact) mass is 404 g/mol. The highest BCUT2D eigenvalue weighted by Crippen LogP contribution is 2.34. The molecule has 27 heavy (non-hydrogen) atoms. The molecule has 2 rings (SSSR count). The molecule has 0 aliphatic heterocycles. The Morgan fingerprint density at radius 2 is 1.81 bits per heavy atom. The molecule has 0 saturated carbocycles. The Morgan fingerprint density at radius 1 is 1.15 bits per heavy atom. The first-order valence-electron chi connectivity index (χ1n) is 8.26. The number of halogens is 2. The molecule has 0 heterocycles. The highest BCUT2D eigenvalue weighted by Gasteiger charge is 2.14. The highest BCUT2D eigenvalue weighted by atomic mass is 35.5. The van der Waals surface area contributed by atoms with E-state index in [1.165, 1.54) is 12.1 Å². The van der Waals surface area contributed by atoms with Gasteiger partial charge in [-0.15, -0.1) is 0 Å². The molecule has 7 heteroatoms. The average Bonchev–Trinajstić information content (AvgIpc) is 2.64. The number of hydrogen-bond acceptors (Lipinski definition) is 4. The predicted molar refractivity (Wildman–Crippen MR) is 107 cm³/mol. The largest absolute Gasteiger partial charge is 0.494 e. The lowest BCUT2D eigenvalue weighted by atomic mass is 10.1. The number of amides is 1. The van der Waals surface area contributed by atoms with Crippen LogP contribution < -0.4 is 14.8 Å². The van der Waals surface area contributed by atoms with Crippen LogP contribution >= 0.6 is 23.2 Å². The smallest absolute Gasteiger partial charge is 0.266 e. The predicted octanol–water partition coefficient (Wildman–Crippen LogP) is 5.34. The molecule has 0 radical (unpaired) electrons. The van der Waals surface area contributed by atoms with Crippen molar-refractivity contribution < 1.29 is 14.3 Å². The Balaban J connectivity index is 2.28. The van der Waals surface area contributed by atoms with Crippen molar-refractivity contribution in [2.24, 2.45) is 0 Å². The number of rotatable bonds is 7. The van der Waals surface area contributed by atoms with Crippen LogP contribution in [0.1, 0.15) is 19.4 Å². The van der Waals surface area contributed by atoms with E-state index in [0.717, 1.165) is 0 Å². The van der Waals surface area contributed by atoms with Gasteiger partial charge in [0.15, 0.2) is 0 Å². The van der Waals surface area contributed by atoms with Crippen molar-refractivity contribution in [1.82, 2.24) is 0 Å². The summed E-state index contributed by atoms with van der Waals surface area (Å²) in [6.45, 7) is 4.63. The molecule has 2 aromatic carbocycles. The first-order chi connectivity index (χ1) is 13.0. The van der Waals surface area contributed by atoms with Crippen LogP contribution in [-0.4, -0.2) is 19.1 Å². The Bertz CT molecular complexity index is 887. The topological polar surface area (TPSA) is 71.3 Å². The molecule has 5 nitrogen and oxygen atoms in total. The van der Waals surface area contributed by atoms with E-state index in [-0.39, 0.29) is 5.57 Å². The van der Waals surface area contributed by atoms with Crippen molar-refractivity contribution in [3.05, 3.63) is 57.6 Å². The highest BCUT2D eigenvalue weighted by molar-refractivity contribution is 6.36. The fourth-order valence-electron chi connectivity index (χ4n) is 2.29. The molecule has 0 atom stereocenters. The van der Waals surface area contributed by atoms with E-state index in [4.69, 9.17) is 32.7 Å². The number of hydrogen-bond donors (Lipinski definition) is 1. The molecule has 0 fully saturated rings. The van der Waals surface area contributed by atoms with E-state index < -0.39 is 5.91 Å². The number of carbonyl (C=O) groups is 1. The number of nitrogens with zero attached hydrogens (tertiary/aromatic N) is 1. The molecule has 0 saturated heterocycles. The number of carbonyl (C=O) groups excluding carboxylic acids is 1. The molecule has 2 aromatic rings. The summed E-state index contributed by atoms with van der Waals surface area (Å²) in [6, 6.07) is 11.9. The van der Waals surface area contributed by atoms with E-state index in [9.17, 15) is 10.1 Å². The first-order valence-corrected chi connectivity index (χ1v) is 9.01. The van der Waals surface area contributed by atoms with E-state index in [1.54, 1.807) is 30.3 Å². The zero-order valence-electron chi connectivity index (χ0n) is 14.9. The van der Waals surface area contributed by atoms with E-state index in [0.29, 0.717) is 46.0 Å². The van der Waals surface area contributed by atoms with Crippen molar-refractivity contribution in [3.63, 3.8) is 0 Å². The summed E-state index contributed by atoms with van der Waals surface area (Å²) in [5.41, 5.74) is 0.884. The second kappa shape index (κ2) is 9.86. The molecule has 1 N–H and O–H groups in total. The molecule has 140 valence electrons. The third-order valence-corrected chi connectivity index (χ3v) is 3.91. The lowest BCUT2D eigenvalue weighted by Crippen LogP contribution is -2.13. The van der Waals surface area contributed by atoms with Crippen LogP contribution in [0, 0.1) is 11.3 Å². The van der Waals surface area contributed by atoms with Gasteiger partial charge in [0.1, 0.15) is 23.1 Å². The molecular weight excluding hydrogens is 387 g/mol. The van der Waals surface area contributed by atoms with E-state index in [2.05, 4.69) is 5.32 Å². The van der Waals surface area contributed by atoms with Gasteiger partial charge in [0.05, 0.1) is 18.2 Å². The van der Waals surface area contributed by atoms with E-state index in [1.807, 2.05) is 19.9 Å². The minimum Gasteiger partial charge on any atom is -0.494 e. The third-order valence-electron chi connectivity index (χ3n) is 3.41. The molecule has 0 bridgehead atoms.